The largest absolute Gasteiger partial charge is 0.397 e. The summed E-state index contributed by atoms with van der Waals surface area (Å²) in [5.74, 6) is -2.60. The Hall–Kier alpha value is -3.31. The van der Waals surface area contributed by atoms with E-state index in [9.17, 15) is 17.6 Å². The Labute approximate surface area is 229 Å². The third-order valence-electron chi connectivity index (χ3n) is 5.21. The standard InChI is InChI=1S/C10H2F2N4S2.C10H10F2N4.Cl2OS/c11-3-1-5-9(15-17-13-5)8-4(12)2-6-10(7(3)8)16-18-14-6;11-3-1-5(13)9(15)8-4(12)2-6(14)10(16)7(3)8;1-4(2)3/h1-2H;1-2H,13-16H2;. The number of nitrogen functional groups attached to an aromatic ring is 4. The molecule has 198 valence electrons. The quantitative estimate of drug-likeness (QED) is 0.0952. The van der Waals surface area contributed by atoms with Crippen molar-refractivity contribution in [2.24, 2.45) is 0 Å². The average molecular weight is 623 g/mol. The lowest BCUT2D eigenvalue weighted by Gasteiger charge is -2.11. The van der Waals surface area contributed by atoms with Crippen LogP contribution < -0.4 is 22.9 Å². The van der Waals surface area contributed by atoms with Crippen LogP contribution in [0, 0.1) is 23.3 Å². The topological polar surface area (TPSA) is 173 Å². The summed E-state index contributed by atoms with van der Waals surface area (Å²) in [6, 6.07) is 4.48. The molecule has 0 unspecified atom stereocenters. The van der Waals surface area contributed by atoms with Gasteiger partial charge >= 0.3 is 0 Å². The minimum atomic E-state index is -1.67. The summed E-state index contributed by atoms with van der Waals surface area (Å²) < 4.78 is 80.4. The maximum atomic E-state index is 14.1. The Bertz CT molecular complexity index is 1750. The number of nitrogens with zero attached hydrogens (tertiary/aromatic N) is 4. The predicted molar refractivity (Wildman–Crippen MR) is 147 cm³/mol. The Morgan fingerprint density at radius 3 is 1.26 bits per heavy atom. The molecule has 0 spiro atoms. The molecular formula is C20H12Cl2F4N8OS3. The van der Waals surface area contributed by atoms with Crippen LogP contribution in [0.3, 0.4) is 0 Å². The number of rotatable bonds is 0. The highest BCUT2D eigenvalue weighted by Crippen LogP contribution is 2.38. The molecule has 0 atom stereocenters. The molecule has 0 saturated heterocycles. The summed E-state index contributed by atoms with van der Waals surface area (Å²) in [6.45, 7) is 0. The van der Waals surface area contributed by atoms with Crippen LogP contribution in [0.4, 0.5) is 40.3 Å². The lowest BCUT2D eigenvalue weighted by molar-refractivity contribution is 0.630. The van der Waals surface area contributed by atoms with E-state index in [1.807, 2.05) is 0 Å². The van der Waals surface area contributed by atoms with E-state index in [2.05, 4.69) is 38.9 Å². The summed E-state index contributed by atoms with van der Waals surface area (Å²) >= 11 is 1.85. The fraction of sp³-hybridized carbons (Fsp3) is 0. The zero-order chi connectivity index (χ0) is 27.9. The van der Waals surface area contributed by atoms with E-state index < -0.39 is 32.5 Å². The number of nitrogens with two attached hydrogens (primary N) is 4. The number of aromatic nitrogens is 4. The Morgan fingerprint density at radius 1 is 0.605 bits per heavy atom. The number of hydrogen-bond acceptors (Lipinski definition) is 11. The van der Waals surface area contributed by atoms with E-state index in [0.29, 0.717) is 22.1 Å². The number of hydrogen-bond donors (Lipinski definition) is 4. The molecule has 0 aliphatic rings. The van der Waals surface area contributed by atoms with Gasteiger partial charge < -0.3 is 22.9 Å². The van der Waals surface area contributed by atoms with Gasteiger partial charge in [-0.3, -0.25) is 0 Å². The van der Waals surface area contributed by atoms with Gasteiger partial charge in [-0.25, -0.2) is 21.8 Å². The molecule has 4 aromatic carbocycles. The lowest BCUT2D eigenvalue weighted by Crippen LogP contribution is -2.04. The van der Waals surface area contributed by atoms with E-state index in [4.69, 9.17) is 27.1 Å². The van der Waals surface area contributed by atoms with E-state index in [0.717, 1.165) is 35.6 Å². The molecule has 2 aromatic heterocycles. The smallest absolute Gasteiger partial charge is 0.211 e. The van der Waals surface area contributed by atoms with Gasteiger partial charge in [-0.05, 0) is 12.1 Å². The van der Waals surface area contributed by atoms with E-state index >= 15 is 0 Å². The van der Waals surface area contributed by atoms with E-state index in [-0.39, 0.29) is 44.3 Å². The maximum absolute atomic E-state index is 14.1. The monoisotopic (exact) mass is 622 g/mol. The minimum absolute atomic E-state index is 0.0342. The summed E-state index contributed by atoms with van der Waals surface area (Å²) in [5, 5.41) is -0.0219. The molecular weight excluding hydrogens is 611 g/mol. The Morgan fingerprint density at radius 2 is 0.921 bits per heavy atom. The SMILES string of the molecule is Fc1cc2nsnc2c2c(F)cc3nsnc3c12.Nc1cc(F)c2c(N)c(N)cc(F)c2c1N.O=S(Cl)Cl. The first-order valence-electron chi connectivity index (χ1n) is 9.82. The zero-order valence-electron chi connectivity index (χ0n) is 18.3. The summed E-state index contributed by atoms with van der Waals surface area (Å²) in [5.41, 5.74) is 23.3. The van der Waals surface area contributed by atoms with Gasteiger partial charge in [0.05, 0.1) is 57.0 Å². The van der Waals surface area contributed by atoms with Crippen molar-refractivity contribution in [3.63, 3.8) is 0 Å². The molecule has 0 fully saturated rings. The molecule has 9 nitrogen and oxygen atoms in total. The molecule has 38 heavy (non-hydrogen) atoms. The first-order chi connectivity index (χ1) is 17.9. The van der Waals surface area contributed by atoms with Crippen molar-refractivity contribution in [3.05, 3.63) is 47.5 Å². The van der Waals surface area contributed by atoms with Crippen LogP contribution in [-0.2, 0) is 9.23 Å². The summed E-state index contributed by atoms with van der Waals surface area (Å²) in [4.78, 5) is 0. The summed E-state index contributed by atoms with van der Waals surface area (Å²) in [6.07, 6.45) is 0. The van der Waals surface area contributed by atoms with E-state index in [1.165, 1.54) is 12.1 Å². The molecule has 6 aromatic rings. The zero-order valence-corrected chi connectivity index (χ0v) is 22.3. The van der Waals surface area contributed by atoms with Crippen LogP contribution in [0.5, 0.6) is 0 Å². The van der Waals surface area contributed by atoms with Crippen molar-refractivity contribution >= 4 is 120 Å². The molecule has 2 heterocycles. The maximum Gasteiger partial charge on any atom is 0.211 e. The number of fused-ring (bicyclic) bond motifs is 6. The molecule has 18 heteroatoms. The summed E-state index contributed by atoms with van der Waals surface area (Å²) in [7, 11) is 7.36. The van der Waals surface area contributed by atoms with Crippen molar-refractivity contribution < 1.29 is 21.8 Å². The molecule has 0 radical (unpaired) electrons. The first-order valence-corrected chi connectivity index (χ1v) is 14.1. The van der Waals surface area contributed by atoms with Crippen LogP contribution in [0.25, 0.3) is 43.6 Å². The lowest BCUT2D eigenvalue weighted by atomic mass is 10.0. The van der Waals surface area contributed by atoms with Crippen LogP contribution in [0.2, 0.25) is 0 Å². The van der Waals surface area contributed by atoms with Crippen molar-refractivity contribution in [2.45, 2.75) is 0 Å². The number of benzene rings is 4. The van der Waals surface area contributed by atoms with Crippen molar-refractivity contribution in [1.29, 1.82) is 0 Å². The molecule has 0 aliphatic carbocycles. The highest BCUT2D eigenvalue weighted by Gasteiger charge is 2.19. The fourth-order valence-electron chi connectivity index (χ4n) is 3.64. The van der Waals surface area contributed by atoms with Gasteiger partial charge in [0.15, 0.2) is 0 Å². The normalized spacial score (nSPS) is 11.1. The highest BCUT2D eigenvalue weighted by atomic mass is 36.0. The predicted octanol–water partition coefficient (Wildman–Crippen LogP) is 5.62. The third-order valence-corrected chi connectivity index (χ3v) is 6.29. The van der Waals surface area contributed by atoms with Gasteiger partial charge in [-0.2, -0.15) is 17.5 Å². The second kappa shape index (κ2) is 10.8. The molecule has 0 amide bonds. The van der Waals surface area contributed by atoms with Crippen molar-refractivity contribution in [3.8, 4) is 0 Å². The highest BCUT2D eigenvalue weighted by molar-refractivity contribution is 8.26. The molecule has 0 aliphatic heterocycles. The average Bonchev–Trinajstić information content (AvgIpc) is 3.48. The van der Waals surface area contributed by atoms with Gasteiger partial charge in [-0.15, -0.1) is 0 Å². The minimum Gasteiger partial charge on any atom is -0.397 e. The molecule has 0 saturated carbocycles. The van der Waals surface area contributed by atoms with Gasteiger partial charge in [0.2, 0.25) is 9.23 Å². The molecule has 6 rings (SSSR count). The third kappa shape index (κ3) is 5.04. The second-order valence-corrected chi connectivity index (χ2v) is 11.0. The second-order valence-electron chi connectivity index (χ2n) is 7.39. The Balaban J connectivity index is 0.000000157. The van der Waals surface area contributed by atoms with Crippen LogP contribution in [0.15, 0.2) is 24.3 Å². The molecule has 8 N–H and O–H groups in total. The van der Waals surface area contributed by atoms with Gasteiger partial charge in [0, 0.05) is 44.3 Å². The number of halogens is 6. The van der Waals surface area contributed by atoms with Gasteiger partial charge in [-0.1, -0.05) is 0 Å². The van der Waals surface area contributed by atoms with Crippen LogP contribution >= 0.6 is 44.8 Å². The van der Waals surface area contributed by atoms with Crippen molar-refractivity contribution in [1.82, 2.24) is 17.5 Å². The number of anilines is 4. The Kier molecular flexibility index (Phi) is 7.89. The van der Waals surface area contributed by atoms with Gasteiger partial charge in [0.1, 0.15) is 45.3 Å². The van der Waals surface area contributed by atoms with Crippen LogP contribution in [-0.4, -0.2) is 21.7 Å². The van der Waals surface area contributed by atoms with Gasteiger partial charge in [0.25, 0.3) is 0 Å². The fourth-order valence-corrected chi connectivity index (χ4v) is 4.71. The van der Waals surface area contributed by atoms with E-state index in [1.54, 1.807) is 0 Å². The molecule has 0 bridgehead atoms. The first kappa shape index (κ1) is 27.7. The van der Waals surface area contributed by atoms with Crippen molar-refractivity contribution in [2.75, 3.05) is 22.9 Å². The van der Waals surface area contributed by atoms with Crippen LogP contribution in [0.1, 0.15) is 0 Å².